The van der Waals surface area contributed by atoms with E-state index in [0.29, 0.717) is 11.6 Å². The smallest absolute Gasteiger partial charge is 0.255 e. The van der Waals surface area contributed by atoms with Crippen LogP contribution in [0.3, 0.4) is 0 Å². The van der Waals surface area contributed by atoms with Crippen molar-refractivity contribution >= 4 is 21.8 Å². The molecule has 96 valence electrons. The summed E-state index contributed by atoms with van der Waals surface area (Å²) in [5, 5.41) is 0. The number of carbonyl (C=O) groups excluding carboxylic acids is 1. The summed E-state index contributed by atoms with van der Waals surface area (Å²) in [6.45, 7) is 0.924. The van der Waals surface area contributed by atoms with Crippen molar-refractivity contribution in [3.05, 3.63) is 28.2 Å². The third kappa shape index (κ3) is 1.92. The van der Waals surface area contributed by atoms with Gasteiger partial charge in [-0.05, 0) is 59.3 Å². The van der Waals surface area contributed by atoms with E-state index in [1.165, 1.54) is 12.8 Å². The van der Waals surface area contributed by atoms with Crippen molar-refractivity contribution in [1.29, 1.82) is 0 Å². The van der Waals surface area contributed by atoms with Crippen LogP contribution in [0.15, 0.2) is 22.7 Å². The van der Waals surface area contributed by atoms with Crippen molar-refractivity contribution in [1.82, 2.24) is 4.90 Å². The van der Waals surface area contributed by atoms with E-state index in [4.69, 9.17) is 4.74 Å². The second-order valence-electron chi connectivity index (χ2n) is 5.14. The van der Waals surface area contributed by atoms with Crippen molar-refractivity contribution < 1.29 is 9.53 Å². The molecule has 2 atom stereocenters. The number of carbonyl (C=O) groups is 1. The fourth-order valence-electron chi connectivity index (χ4n) is 3.12. The highest BCUT2D eigenvalue weighted by Gasteiger charge is 2.40. The summed E-state index contributed by atoms with van der Waals surface area (Å²) in [4.78, 5) is 14.6. The number of likely N-dealkylation sites (tertiary alicyclic amines) is 1. The Bertz CT molecular complexity index is 489. The molecule has 0 N–H and O–H groups in total. The third-order valence-electron chi connectivity index (χ3n) is 4.07. The lowest BCUT2D eigenvalue weighted by atomic mass is 10.1. The lowest BCUT2D eigenvalue weighted by molar-refractivity contribution is 0.0702. The predicted molar refractivity (Wildman–Crippen MR) is 72.9 cm³/mol. The Hall–Kier alpha value is -1.03. The molecular weight excluding hydrogens is 294 g/mol. The fourth-order valence-corrected chi connectivity index (χ4v) is 3.54. The number of ether oxygens (including phenoxy) is 1. The summed E-state index contributed by atoms with van der Waals surface area (Å²) in [7, 11) is 1.62. The third-order valence-corrected chi connectivity index (χ3v) is 4.77. The summed E-state index contributed by atoms with van der Waals surface area (Å²) in [6.07, 6.45) is 3.64. The number of nitrogens with zero attached hydrogens (tertiary/aromatic N) is 1. The van der Waals surface area contributed by atoms with E-state index in [1.54, 1.807) is 7.11 Å². The Morgan fingerprint density at radius 3 is 2.89 bits per heavy atom. The largest absolute Gasteiger partial charge is 0.497 e. The molecule has 1 saturated heterocycles. The normalized spacial score (nSPS) is 25.6. The molecule has 4 heteroatoms. The molecule has 1 saturated carbocycles. The minimum atomic E-state index is 0.132. The number of rotatable bonds is 2. The number of benzene rings is 1. The Kier molecular flexibility index (Phi) is 3.06. The SMILES string of the molecule is COc1ccc(Br)c(C(=O)N2CC3CCC2C3)c1. The zero-order valence-electron chi connectivity index (χ0n) is 10.4. The highest BCUT2D eigenvalue weighted by atomic mass is 79.9. The van der Waals surface area contributed by atoms with Gasteiger partial charge in [0.25, 0.3) is 5.91 Å². The van der Waals surface area contributed by atoms with Crippen LogP contribution in [0.4, 0.5) is 0 Å². The molecule has 3 nitrogen and oxygen atoms in total. The van der Waals surface area contributed by atoms with E-state index in [0.717, 1.165) is 29.1 Å². The second kappa shape index (κ2) is 4.57. The van der Waals surface area contributed by atoms with Crippen molar-refractivity contribution in [3.8, 4) is 5.75 Å². The summed E-state index contributed by atoms with van der Waals surface area (Å²) >= 11 is 3.46. The van der Waals surface area contributed by atoms with Crippen LogP contribution in [0.1, 0.15) is 29.6 Å². The van der Waals surface area contributed by atoms with Crippen LogP contribution in [-0.2, 0) is 0 Å². The molecule has 18 heavy (non-hydrogen) atoms. The van der Waals surface area contributed by atoms with Gasteiger partial charge in [0, 0.05) is 17.1 Å². The maximum atomic E-state index is 12.6. The molecule has 2 aliphatic rings. The first-order valence-corrected chi connectivity index (χ1v) is 7.13. The maximum Gasteiger partial charge on any atom is 0.255 e. The maximum absolute atomic E-state index is 12.6. The highest BCUT2D eigenvalue weighted by molar-refractivity contribution is 9.10. The van der Waals surface area contributed by atoms with E-state index < -0.39 is 0 Å². The number of amides is 1. The molecule has 0 radical (unpaired) electrons. The van der Waals surface area contributed by atoms with Crippen molar-refractivity contribution in [2.75, 3.05) is 13.7 Å². The van der Waals surface area contributed by atoms with E-state index in [9.17, 15) is 4.79 Å². The van der Waals surface area contributed by atoms with Gasteiger partial charge in [-0.1, -0.05) is 0 Å². The van der Waals surface area contributed by atoms with Crippen LogP contribution in [0.5, 0.6) is 5.75 Å². The van der Waals surface area contributed by atoms with Crippen LogP contribution < -0.4 is 4.74 Å². The Morgan fingerprint density at radius 2 is 2.28 bits per heavy atom. The summed E-state index contributed by atoms with van der Waals surface area (Å²) in [6, 6.07) is 6.01. The first-order valence-electron chi connectivity index (χ1n) is 6.33. The number of halogens is 1. The summed E-state index contributed by atoms with van der Waals surface area (Å²) < 4.78 is 6.04. The number of fused-ring (bicyclic) bond motifs is 2. The Labute approximate surface area is 115 Å². The number of methoxy groups -OCH3 is 1. The second-order valence-corrected chi connectivity index (χ2v) is 5.99. The zero-order valence-corrected chi connectivity index (χ0v) is 11.9. The molecule has 1 amide bonds. The predicted octanol–water partition coefficient (Wildman–Crippen LogP) is 3.08. The first-order chi connectivity index (χ1) is 8.69. The number of piperidine rings is 1. The van der Waals surface area contributed by atoms with E-state index in [1.807, 2.05) is 23.1 Å². The van der Waals surface area contributed by atoms with Gasteiger partial charge < -0.3 is 9.64 Å². The lowest BCUT2D eigenvalue weighted by Gasteiger charge is -2.27. The topological polar surface area (TPSA) is 29.5 Å². The van der Waals surface area contributed by atoms with Crippen molar-refractivity contribution in [3.63, 3.8) is 0 Å². The van der Waals surface area contributed by atoms with E-state index in [-0.39, 0.29) is 5.91 Å². The van der Waals surface area contributed by atoms with Gasteiger partial charge in [0.05, 0.1) is 12.7 Å². The molecule has 2 bridgehead atoms. The van der Waals surface area contributed by atoms with Gasteiger partial charge in [-0.15, -0.1) is 0 Å². The summed E-state index contributed by atoms with van der Waals surface area (Å²) in [5.74, 6) is 1.59. The van der Waals surface area contributed by atoms with Crippen LogP contribution >= 0.6 is 15.9 Å². The van der Waals surface area contributed by atoms with Crippen LogP contribution in [0.2, 0.25) is 0 Å². The van der Waals surface area contributed by atoms with Crippen LogP contribution in [0.25, 0.3) is 0 Å². The average Bonchev–Trinajstić information content (AvgIpc) is 3.01. The quantitative estimate of drug-likeness (QED) is 0.840. The molecule has 1 aliphatic carbocycles. The Morgan fingerprint density at radius 1 is 1.44 bits per heavy atom. The molecule has 1 aliphatic heterocycles. The molecule has 1 aromatic rings. The first kappa shape index (κ1) is 12.0. The minimum Gasteiger partial charge on any atom is -0.497 e. The molecule has 1 aromatic carbocycles. The molecule has 2 unspecified atom stereocenters. The van der Waals surface area contributed by atoms with Gasteiger partial charge in [0.1, 0.15) is 5.75 Å². The van der Waals surface area contributed by atoms with E-state index >= 15 is 0 Å². The van der Waals surface area contributed by atoms with Crippen molar-refractivity contribution in [2.45, 2.75) is 25.3 Å². The van der Waals surface area contributed by atoms with Gasteiger partial charge >= 0.3 is 0 Å². The molecular formula is C14H16BrNO2. The number of hydrogen-bond donors (Lipinski definition) is 0. The van der Waals surface area contributed by atoms with Crippen LogP contribution in [0, 0.1) is 5.92 Å². The molecule has 3 rings (SSSR count). The Balaban J connectivity index is 1.88. The molecule has 0 spiro atoms. The van der Waals surface area contributed by atoms with Gasteiger partial charge in [0.2, 0.25) is 0 Å². The summed E-state index contributed by atoms with van der Waals surface area (Å²) in [5.41, 5.74) is 0.710. The van der Waals surface area contributed by atoms with Crippen molar-refractivity contribution in [2.24, 2.45) is 5.92 Å². The van der Waals surface area contributed by atoms with E-state index in [2.05, 4.69) is 15.9 Å². The highest BCUT2D eigenvalue weighted by Crippen LogP contribution is 2.38. The monoisotopic (exact) mass is 309 g/mol. The minimum absolute atomic E-state index is 0.132. The standard InChI is InChI=1S/C14H16BrNO2/c1-18-11-4-5-13(15)12(7-11)14(17)16-8-9-2-3-10(16)6-9/h4-5,7,9-10H,2-3,6,8H2,1H3. The van der Waals surface area contributed by atoms with Crippen LogP contribution in [-0.4, -0.2) is 30.5 Å². The molecule has 0 aromatic heterocycles. The fraction of sp³-hybridized carbons (Fsp3) is 0.500. The van der Waals surface area contributed by atoms with Gasteiger partial charge in [-0.2, -0.15) is 0 Å². The van der Waals surface area contributed by atoms with Gasteiger partial charge in [0.15, 0.2) is 0 Å². The zero-order chi connectivity index (χ0) is 12.7. The molecule has 2 fully saturated rings. The van der Waals surface area contributed by atoms with Gasteiger partial charge in [-0.3, -0.25) is 4.79 Å². The van der Waals surface area contributed by atoms with Gasteiger partial charge in [-0.25, -0.2) is 0 Å². The lowest BCUT2D eigenvalue weighted by Crippen LogP contribution is -2.37. The molecule has 1 heterocycles. The number of hydrogen-bond acceptors (Lipinski definition) is 2. The average molecular weight is 310 g/mol.